The predicted octanol–water partition coefficient (Wildman–Crippen LogP) is -2.39. The number of carbonyl (C=O) groups is 5. The van der Waals surface area contributed by atoms with Gasteiger partial charge in [-0.15, -0.1) is 0 Å². The molecule has 226 valence electrons. The largest absolute Gasteiger partial charge is 0.480 e. The average Bonchev–Trinajstić information content (AvgIpc) is 3.26. The summed E-state index contributed by atoms with van der Waals surface area (Å²) >= 11 is 0.799. The van der Waals surface area contributed by atoms with E-state index in [4.69, 9.17) is 16.9 Å². The lowest BCUT2D eigenvalue weighted by atomic mass is 10.0. The van der Waals surface area contributed by atoms with Gasteiger partial charge in [0.2, 0.25) is 11.8 Å². The number of nitrogens with zero attached hydrogens (tertiary/aromatic N) is 1. The van der Waals surface area contributed by atoms with E-state index >= 15 is 0 Å². The normalized spacial score (nSPS) is 23.6. The highest BCUT2D eigenvalue weighted by Gasteiger charge is 2.55. The standard InChI is InChI=1S/C24H42N8O7S/c1-12(2)18(25)20(36)31-14(10-17(34)40-24(28-3)11-16(24)33)21(37)32-9-5-7-15(32)19(35)30-13(22(38)39)6-4-8-29-23(26)27/h12-15,18,21,28,37H,4-11,25H2,1-3H3,(H,30,35)(H,31,36)(H,38,39)(H4,26,27,29)/t13-,14-,15-,18-,21?,24-/m0/s1. The number of hydrogen-bond donors (Lipinski definition) is 9. The van der Waals surface area contributed by atoms with Crippen LogP contribution in [0.1, 0.15) is 52.4 Å². The number of rotatable bonds is 16. The van der Waals surface area contributed by atoms with Gasteiger partial charge >= 0.3 is 5.97 Å². The molecule has 40 heavy (non-hydrogen) atoms. The second-order valence-corrected chi connectivity index (χ2v) is 11.8. The van der Waals surface area contributed by atoms with E-state index in [9.17, 15) is 34.2 Å². The minimum Gasteiger partial charge on any atom is -0.480 e. The molecule has 1 saturated heterocycles. The van der Waals surface area contributed by atoms with Crippen LogP contribution in [-0.4, -0.2) is 105 Å². The van der Waals surface area contributed by atoms with Crippen LogP contribution in [0, 0.1) is 11.3 Å². The SMILES string of the molecule is CN[C@]1(SC(=O)C[C@H](NC(=O)[C@@H](N)C(C)C)C(O)N2CCC[C@H]2C(=O)N[C@@H](CCCNC(=N)N)C(=O)O)CC1=O. The summed E-state index contributed by atoms with van der Waals surface area (Å²) in [5.41, 5.74) is 11.2. The number of thioether (sulfide) groups is 1. The summed E-state index contributed by atoms with van der Waals surface area (Å²) in [6.07, 6.45) is -0.356. The summed E-state index contributed by atoms with van der Waals surface area (Å²) in [7, 11) is 1.57. The third-order valence-electron chi connectivity index (χ3n) is 7.06. The lowest BCUT2D eigenvalue weighted by molar-refractivity contribution is -0.144. The molecule has 1 saturated carbocycles. The first-order valence-corrected chi connectivity index (χ1v) is 14.1. The second-order valence-electron chi connectivity index (χ2n) is 10.4. The third kappa shape index (κ3) is 9.12. The van der Waals surface area contributed by atoms with E-state index in [-0.39, 0.29) is 50.0 Å². The molecular formula is C24H42N8O7S. The first-order chi connectivity index (χ1) is 18.7. The zero-order valence-corrected chi connectivity index (χ0v) is 23.9. The van der Waals surface area contributed by atoms with Gasteiger partial charge in [-0.2, -0.15) is 0 Å². The summed E-state index contributed by atoms with van der Waals surface area (Å²) in [6.45, 7) is 4.03. The first-order valence-electron chi connectivity index (χ1n) is 13.3. The zero-order valence-electron chi connectivity index (χ0n) is 23.1. The number of nitrogens with one attached hydrogen (secondary N) is 5. The Labute approximate surface area is 237 Å². The van der Waals surface area contributed by atoms with Gasteiger partial charge in [0.15, 0.2) is 16.9 Å². The molecule has 2 fully saturated rings. The van der Waals surface area contributed by atoms with Crippen LogP contribution in [0.4, 0.5) is 0 Å². The number of nitrogens with two attached hydrogens (primary N) is 2. The van der Waals surface area contributed by atoms with Crippen molar-refractivity contribution >= 4 is 46.4 Å². The Morgan fingerprint density at radius 1 is 1.25 bits per heavy atom. The monoisotopic (exact) mass is 586 g/mol. The molecule has 2 rings (SSSR count). The van der Waals surface area contributed by atoms with E-state index in [2.05, 4.69) is 21.3 Å². The summed E-state index contributed by atoms with van der Waals surface area (Å²) < 4.78 is 0. The third-order valence-corrected chi connectivity index (χ3v) is 8.38. The molecule has 2 aliphatic rings. The van der Waals surface area contributed by atoms with Gasteiger partial charge in [-0.25, -0.2) is 4.79 Å². The minimum atomic E-state index is -1.46. The van der Waals surface area contributed by atoms with E-state index in [1.807, 2.05) is 0 Å². The van der Waals surface area contributed by atoms with Crippen molar-refractivity contribution in [1.29, 1.82) is 5.41 Å². The predicted molar refractivity (Wildman–Crippen MR) is 148 cm³/mol. The van der Waals surface area contributed by atoms with Crippen LogP contribution in [0.2, 0.25) is 0 Å². The van der Waals surface area contributed by atoms with Crippen LogP contribution in [0.3, 0.4) is 0 Å². The Bertz CT molecular complexity index is 983. The number of carboxylic acid groups (broad SMARTS) is 1. The second kappa shape index (κ2) is 14.7. The summed E-state index contributed by atoms with van der Waals surface area (Å²) in [6, 6.07) is -4.15. The topological polar surface area (TPSA) is 253 Å². The van der Waals surface area contributed by atoms with Crippen molar-refractivity contribution in [1.82, 2.24) is 26.2 Å². The van der Waals surface area contributed by atoms with E-state index in [0.717, 1.165) is 11.8 Å². The number of carbonyl (C=O) groups excluding carboxylic acids is 4. The molecule has 1 aliphatic carbocycles. The number of hydrogen-bond acceptors (Lipinski definition) is 11. The van der Waals surface area contributed by atoms with Gasteiger partial charge in [0.25, 0.3) is 0 Å². The molecule has 0 aromatic rings. The first kappa shape index (κ1) is 33.4. The van der Waals surface area contributed by atoms with Gasteiger partial charge in [-0.05, 0) is 38.6 Å². The zero-order chi connectivity index (χ0) is 30.2. The molecule has 6 atom stereocenters. The molecule has 1 unspecified atom stereocenters. The molecule has 0 radical (unpaired) electrons. The number of aliphatic hydroxyl groups is 1. The number of aliphatic carboxylic acids is 1. The Kier molecular flexibility index (Phi) is 12.3. The molecule has 16 heteroatoms. The number of amides is 2. The van der Waals surface area contributed by atoms with E-state index in [1.54, 1.807) is 20.9 Å². The molecule has 11 N–H and O–H groups in total. The molecule has 1 heterocycles. The highest BCUT2D eigenvalue weighted by atomic mass is 32.2. The van der Waals surface area contributed by atoms with Crippen LogP contribution < -0.4 is 32.7 Å². The number of likely N-dealkylation sites (tertiary alicyclic amines) is 1. The summed E-state index contributed by atoms with van der Waals surface area (Å²) in [5, 5.41) is 38.2. The van der Waals surface area contributed by atoms with Gasteiger partial charge in [-0.1, -0.05) is 25.6 Å². The number of ketones is 1. The van der Waals surface area contributed by atoms with Gasteiger partial charge in [0.1, 0.15) is 17.1 Å². The van der Waals surface area contributed by atoms with E-state index in [0.29, 0.717) is 19.3 Å². The van der Waals surface area contributed by atoms with Crippen molar-refractivity contribution in [3.05, 3.63) is 0 Å². The van der Waals surface area contributed by atoms with Gasteiger partial charge < -0.3 is 37.6 Å². The molecule has 0 aromatic carbocycles. The maximum Gasteiger partial charge on any atom is 0.326 e. The van der Waals surface area contributed by atoms with Crippen LogP contribution in [-0.2, 0) is 24.0 Å². The number of Topliss-reactive ketones (excluding diaryl/α,β-unsaturated/α-hetero) is 1. The Hall–Kier alpha value is -2.79. The fourth-order valence-corrected chi connectivity index (χ4v) is 5.53. The molecule has 0 spiro atoms. The van der Waals surface area contributed by atoms with E-state index in [1.165, 1.54) is 4.90 Å². The lowest BCUT2D eigenvalue weighted by Gasteiger charge is -2.35. The van der Waals surface area contributed by atoms with E-state index < -0.39 is 58.2 Å². The number of likely N-dealkylation sites (N-methyl/N-ethyl adjacent to an activating group) is 1. The van der Waals surface area contributed by atoms with Crippen molar-refractivity contribution in [2.24, 2.45) is 17.4 Å². The molecule has 0 bridgehead atoms. The number of carboxylic acids is 1. The molecule has 1 aliphatic heterocycles. The summed E-state index contributed by atoms with van der Waals surface area (Å²) in [5.74, 6) is -3.01. The number of guanidine groups is 1. The van der Waals surface area contributed by atoms with Crippen molar-refractivity contribution < 1.29 is 34.2 Å². The maximum absolute atomic E-state index is 13.1. The van der Waals surface area contributed by atoms with Gasteiger partial charge in [-0.3, -0.25) is 34.8 Å². The van der Waals surface area contributed by atoms with Crippen molar-refractivity contribution in [3.8, 4) is 0 Å². The van der Waals surface area contributed by atoms with Crippen molar-refractivity contribution in [2.75, 3.05) is 20.1 Å². The van der Waals surface area contributed by atoms with Crippen LogP contribution in [0.5, 0.6) is 0 Å². The quantitative estimate of drug-likeness (QED) is 0.0396. The maximum atomic E-state index is 13.1. The smallest absolute Gasteiger partial charge is 0.326 e. The van der Waals surface area contributed by atoms with Crippen LogP contribution in [0.15, 0.2) is 0 Å². The van der Waals surface area contributed by atoms with Gasteiger partial charge in [0.05, 0.1) is 18.1 Å². The fraction of sp³-hybridized carbons (Fsp3) is 0.750. The highest BCUT2D eigenvalue weighted by molar-refractivity contribution is 8.15. The minimum absolute atomic E-state index is 0.0834. The van der Waals surface area contributed by atoms with Crippen molar-refractivity contribution in [2.45, 2.75) is 87.6 Å². The average molecular weight is 587 g/mol. The molecule has 15 nitrogen and oxygen atoms in total. The molecular weight excluding hydrogens is 544 g/mol. The Morgan fingerprint density at radius 3 is 2.42 bits per heavy atom. The fourth-order valence-electron chi connectivity index (χ4n) is 4.45. The summed E-state index contributed by atoms with van der Waals surface area (Å²) in [4.78, 5) is 62.8. The lowest BCUT2D eigenvalue weighted by Crippen LogP contribution is -2.59. The highest BCUT2D eigenvalue weighted by Crippen LogP contribution is 2.42. The number of aliphatic hydroxyl groups excluding tert-OH is 1. The molecule has 2 amide bonds. The van der Waals surface area contributed by atoms with Gasteiger partial charge in [0, 0.05) is 25.9 Å². The Balaban J connectivity index is 2.14. The van der Waals surface area contributed by atoms with Crippen molar-refractivity contribution in [3.63, 3.8) is 0 Å². The van der Waals surface area contributed by atoms with Crippen LogP contribution in [0.25, 0.3) is 0 Å². The van der Waals surface area contributed by atoms with Crippen LogP contribution >= 0.6 is 11.8 Å². The Morgan fingerprint density at radius 2 is 1.90 bits per heavy atom. The molecule has 0 aromatic heterocycles.